The first-order chi connectivity index (χ1) is 15.3. The number of H-pyrrole nitrogens is 1. The van der Waals surface area contributed by atoms with Crippen LogP contribution >= 0.6 is 0 Å². The van der Waals surface area contributed by atoms with Gasteiger partial charge < -0.3 is 14.3 Å². The van der Waals surface area contributed by atoms with E-state index in [0.717, 1.165) is 12.1 Å². The van der Waals surface area contributed by atoms with E-state index in [2.05, 4.69) is 4.98 Å². The van der Waals surface area contributed by atoms with Crippen molar-refractivity contribution < 1.29 is 32.3 Å². The van der Waals surface area contributed by atoms with Crippen LogP contribution < -0.4 is 0 Å². The summed E-state index contributed by atoms with van der Waals surface area (Å²) < 4.78 is 46.0. The molecule has 0 fully saturated rings. The van der Waals surface area contributed by atoms with Gasteiger partial charge in [0.2, 0.25) is 5.78 Å². The molecule has 0 saturated heterocycles. The maximum atomic E-state index is 13.1. The van der Waals surface area contributed by atoms with Crippen LogP contribution in [0.15, 0.2) is 30.3 Å². The Kier molecular flexibility index (Phi) is 6.35. The topological polar surface area (TPSA) is 81.2 Å². The minimum atomic E-state index is -4.49. The first-order valence-corrected chi connectivity index (χ1v) is 10.1. The van der Waals surface area contributed by atoms with Gasteiger partial charge in [-0.15, -0.1) is 0 Å². The van der Waals surface area contributed by atoms with Crippen LogP contribution in [0.25, 0.3) is 5.69 Å². The van der Waals surface area contributed by atoms with Gasteiger partial charge in [-0.3, -0.25) is 9.59 Å². The summed E-state index contributed by atoms with van der Waals surface area (Å²) in [5.41, 5.74) is 2.17. The highest BCUT2D eigenvalue weighted by atomic mass is 19.4. The summed E-state index contributed by atoms with van der Waals surface area (Å²) in [7, 11) is 0. The molecule has 0 aliphatic carbocycles. The zero-order valence-electron chi connectivity index (χ0n) is 18.8. The highest BCUT2D eigenvalue weighted by molar-refractivity contribution is 6.03. The monoisotopic (exact) mass is 460 g/mol. The van der Waals surface area contributed by atoms with Crippen LogP contribution in [0.5, 0.6) is 0 Å². The van der Waals surface area contributed by atoms with E-state index < -0.39 is 30.1 Å². The van der Waals surface area contributed by atoms with Crippen molar-refractivity contribution in [1.82, 2.24) is 9.55 Å². The lowest BCUT2D eigenvalue weighted by atomic mass is 10.1. The molecule has 6 nitrogen and oxygen atoms in total. The number of aryl methyl sites for hydroxylation is 2. The minimum Gasteiger partial charge on any atom is -0.453 e. The first kappa shape index (κ1) is 24.0. The number of halogens is 3. The van der Waals surface area contributed by atoms with Crippen molar-refractivity contribution in [2.45, 2.75) is 40.8 Å². The molecular formula is C24H23F3N2O4. The number of benzene rings is 1. The molecule has 3 aromatic rings. The highest BCUT2D eigenvalue weighted by Crippen LogP contribution is 2.31. The van der Waals surface area contributed by atoms with Crippen molar-refractivity contribution >= 4 is 17.5 Å². The fourth-order valence-corrected chi connectivity index (χ4v) is 4.03. The Balaban J connectivity index is 1.82. The number of ketones is 2. The molecule has 0 radical (unpaired) electrons. The molecule has 2 aromatic heterocycles. The van der Waals surface area contributed by atoms with Crippen molar-refractivity contribution in [3.8, 4) is 5.69 Å². The Hall–Kier alpha value is -3.62. The second-order valence-corrected chi connectivity index (χ2v) is 7.85. The SMILES string of the molecule is CC(=O)c1c(C)[nH]c(C(=O)OCC(=O)c2cc(C)n(-c3cccc(C(F)(F)F)c3)c2C)c1C. The van der Waals surface area contributed by atoms with Gasteiger partial charge in [0.05, 0.1) is 5.56 Å². The van der Waals surface area contributed by atoms with E-state index >= 15 is 0 Å². The van der Waals surface area contributed by atoms with E-state index in [-0.39, 0.29) is 22.7 Å². The lowest BCUT2D eigenvalue weighted by Gasteiger charge is -2.13. The summed E-state index contributed by atoms with van der Waals surface area (Å²) in [6.07, 6.45) is -4.49. The van der Waals surface area contributed by atoms with Gasteiger partial charge in [-0.25, -0.2) is 4.79 Å². The lowest BCUT2D eigenvalue weighted by Crippen LogP contribution is -2.16. The fraction of sp³-hybridized carbons (Fsp3) is 0.292. The molecule has 0 amide bonds. The molecule has 3 rings (SSSR count). The van der Waals surface area contributed by atoms with Crippen LogP contribution in [-0.2, 0) is 10.9 Å². The number of alkyl halides is 3. The first-order valence-electron chi connectivity index (χ1n) is 10.1. The summed E-state index contributed by atoms with van der Waals surface area (Å²) in [6.45, 7) is 7.39. The van der Waals surface area contributed by atoms with E-state index in [0.29, 0.717) is 28.2 Å². The molecule has 1 aromatic carbocycles. The normalized spacial score (nSPS) is 11.5. The van der Waals surface area contributed by atoms with Gasteiger partial charge in [0, 0.05) is 33.9 Å². The fourth-order valence-electron chi connectivity index (χ4n) is 4.03. The van der Waals surface area contributed by atoms with E-state index in [1.54, 1.807) is 38.3 Å². The molecule has 9 heteroatoms. The van der Waals surface area contributed by atoms with E-state index in [1.165, 1.54) is 19.1 Å². The smallest absolute Gasteiger partial charge is 0.416 e. The molecule has 2 heterocycles. The number of Topliss-reactive ketones (excluding diaryl/α,β-unsaturated/α-hetero) is 2. The zero-order chi connectivity index (χ0) is 24.7. The number of carbonyl (C=O) groups is 3. The molecule has 33 heavy (non-hydrogen) atoms. The molecular weight excluding hydrogens is 437 g/mol. The van der Waals surface area contributed by atoms with Gasteiger partial charge >= 0.3 is 12.1 Å². The largest absolute Gasteiger partial charge is 0.453 e. The van der Waals surface area contributed by atoms with Crippen LogP contribution in [-0.4, -0.2) is 33.7 Å². The van der Waals surface area contributed by atoms with Crippen molar-refractivity contribution in [3.05, 3.63) is 75.4 Å². The van der Waals surface area contributed by atoms with Gasteiger partial charge in [-0.05, 0) is 64.4 Å². The van der Waals surface area contributed by atoms with Crippen molar-refractivity contribution in [1.29, 1.82) is 0 Å². The van der Waals surface area contributed by atoms with Crippen LogP contribution in [0.1, 0.15) is 66.3 Å². The molecule has 0 bridgehead atoms. The third kappa shape index (κ3) is 4.62. The third-order valence-electron chi connectivity index (χ3n) is 5.49. The molecule has 0 saturated carbocycles. The molecule has 0 atom stereocenters. The zero-order valence-corrected chi connectivity index (χ0v) is 18.8. The third-order valence-corrected chi connectivity index (χ3v) is 5.49. The summed E-state index contributed by atoms with van der Waals surface area (Å²) in [5, 5.41) is 0. The molecule has 174 valence electrons. The molecule has 0 aliphatic heterocycles. The summed E-state index contributed by atoms with van der Waals surface area (Å²) >= 11 is 0. The highest BCUT2D eigenvalue weighted by Gasteiger charge is 2.31. The van der Waals surface area contributed by atoms with Crippen molar-refractivity contribution in [2.24, 2.45) is 0 Å². The molecule has 0 spiro atoms. The quantitative estimate of drug-likeness (QED) is 0.400. The molecule has 1 N–H and O–H groups in total. The van der Waals surface area contributed by atoms with Crippen LogP contribution in [0.2, 0.25) is 0 Å². The number of carbonyl (C=O) groups excluding carboxylic acids is 3. The molecule has 0 aliphatic rings. The van der Waals surface area contributed by atoms with Gasteiger partial charge in [0.1, 0.15) is 5.69 Å². The predicted octanol–water partition coefficient (Wildman–Crippen LogP) is 5.30. The van der Waals surface area contributed by atoms with Crippen LogP contribution in [0.4, 0.5) is 13.2 Å². The number of hydrogen-bond acceptors (Lipinski definition) is 4. The average Bonchev–Trinajstić information content (AvgIpc) is 3.20. The van der Waals surface area contributed by atoms with E-state index in [9.17, 15) is 27.6 Å². The second kappa shape index (κ2) is 8.73. The van der Waals surface area contributed by atoms with Gasteiger partial charge in [0.15, 0.2) is 12.4 Å². The summed E-state index contributed by atoms with van der Waals surface area (Å²) in [4.78, 5) is 39.8. The number of hydrogen-bond donors (Lipinski definition) is 1. The number of aromatic amines is 1. The Morgan fingerprint density at radius 2 is 1.73 bits per heavy atom. The predicted molar refractivity (Wildman–Crippen MR) is 115 cm³/mol. The van der Waals surface area contributed by atoms with Crippen molar-refractivity contribution in [2.75, 3.05) is 6.61 Å². The van der Waals surface area contributed by atoms with Crippen LogP contribution in [0.3, 0.4) is 0 Å². The summed E-state index contributed by atoms with van der Waals surface area (Å²) in [5.74, 6) is -1.47. The van der Waals surface area contributed by atoms with Crippen LogP contribution in [0, 0.1) is 27.7 Å². The summed E-state index contributed by atoms with van der Waals surface area (Å²) in [6, 6.07) is 6.36. The van der Waals surface area contributed by atoms with E-state index in [1.807, 2.05) is 0 Å². The second-order valence-electron chi connectivity index (χ2n) is 7.85. The standard InChI is InChI=1S/C24H23F3N2O4/c1-12-9-19(15(4)29(12)18-8-6-7-17(10-18)24(25,26)27)20(31)11-33-23(32)22-13(2)21(16(5)30)14(3)28-22/h6-10,28H,11H2,1-5H3. The number of rotatable bonds is 6. The Bertz CT molecular complexity index is 1270. The average molecular weight is 460 g/mol. The van der Waals surface area contributed by atoms with Gasteiger partial charge in [-0.2, -0.15) is 13.2 Å². The maximum absolute atomic E-state index is 13.1. The molecule has 0 unspecified atom stereocenters. The number of ether oxygens (including phenoxy) is 1. The van der Waals surface area contributed by atoms with Gasteiger partial charge in [-0.1, -0.05) is 6.07 Å². The lowest BCUT2D eigenvalue weighted by molar-refractivity contribution is -0.137. The Labute approximate surface area is 188 Å². The Morgan fingerprint density at radius 3 is 2.30 bits per heavy atom. The maximum Gasteiger partial charge on any atom is 0.416 e. The van der Waals surface area contributed by atoms with Gasteiger partial charge in [0.25, 0.3) is 0 Å². The number of nitrogens with zero attached hydrogens (tertiary/aromatic N) is 1. The Morgan fingerprint density at radius 1 is 1.06 bits per heavy atom. The van der Waals surface area contributed by atoms with Crippen molar-refractivity contribution in [3.63, 3.8) is 0 Å². The number of esters is 1. The minimum absolute atomic E-state index is 0.0972. The number of aromatic nitrogens is 2. The number of nitrogens with one attached hydrogen (secondary N) is 1. The van der Waals surface area contributed by atoms with E-state index in [4.69, 9.17) is 4.74 Å².